The quantitative estimate of drug-likeness (QED) is 0.195. The highest BCUT2D eigenvalue weighted by molar-refractivity contribution is 5.92. The summed E-state index contributed by atoms with van der Waals surface area (Å²) >= 11 is 0. The van der Waals surface area contributed by atoms with E-state index >= 15 is 0 Å². The molecule has 0 radical (unpaired) electrons. The van der Waals surface area contributed by atoms with Gasteiger partial charge in [-0.15, -0.1) is 0 Å². The Labute approximate surface area is 256 Å². The number of hydrogen-bond acceptors (Lipinski definition) is 6. The van der Waals surface area contributed by atoms with E-state index < -0.39 is 41.4 Å². The van der Waals surface area contributed by atoms with Gasteiger partial charge in [0.15, 0.2) is 5.82 Å². The van der Waals surface area contributed by atoms with Crippen LogP contribution in [0.4, 0.5) is 38.1 Å². The summed E-state index contributed by atoms with van der Waals surface area (Å²) in [5.74, 6) is -0.244. The zero-order chi connectivity index (χ0) is 32.9. The minimum atomic E-state index is -5.00. The average molecular weight is 636 g/mol. The molecule has 0 spiro atoms. The number of halogens is 6. The predicted molar refractivity (Wildman–Crippen MR) is 161 cm³/mol. The lowest BCUT2D eigenvalue weighted by atomic mass is 9.97. The highest BCUT2D eigenvalue weighted by Gasteiger charge is 2.37. The lowest BCUT2D eigenvalue weighted by molar-refractivity contribution is -0.143. The first-order valence-corrected chi connectivity index (χ1v) is 14.5. The third kappa shape index (κ3) is 8.71. The van der Waals surface area contributed by atoms with Crippen LogP contribution in [0.1, 0.15) is 61.3 Å². The summed E-state index contributed by atoms with van der Waals surface area (Å²) in [5, 5.41) is 10.4. The minimum Gasteiger partial charge on any atom is -0.357 e. The maximum atomic E-state index is 13.1. The van der Waals surface area contributed by atoms with E-state index in [1.165, 1.54) is 36.8 Å². The summed E-state index contributed by atoms with van der Waals surface area (Å²) in [4.78, 5) is 21.3. The van der Waals surface area contributed by atoms with Gasteiger partial charge in [0.1, 0.15) is 0 Å². The molecule has 2 heterocycles. The second-order valence-electron chi connectivity index (χ2n) is 10.9. The molecular weight excluding hydrogens is 600 g/mol. The number of hydrogen-bond donors (Lipinski definition) is 3. The first-order chi connectivity index (χ1) is 21.2. The Kier molecular flexibility index (Phi) is 10.4. The van der Waals surface area contributed by atoms with Gasteiger partial charge in [-0.2, -0.15) is 31.4 Å². The van der Waals surface area contributed by atoms with E-state index in [1.54, 1.807) is 26.4 Å². The van der Waals surface area contributed by atoms with E-state index in [0.29, 0.717) is 36.2 Å². The van der Waals surface area contributed by atoms with Crippen LogP contribution in [0.25, 0.3) is 22.2 Å². The van der Waals surface area contributed by atoms with Crippen LogP contribution >= 0.6 is 0 Å². The van der Waals surface area contributed by atoms with E-state index in [9.17, 15) is 31.1 Å². The predicted octanol–water partition coefficient (Wildman–Crippen LogP) is 7.13. The van der Waals surface area contributed by atoms with E-state index in [0.717, 1.165) is 22.0 Å². The number of nitrogens with two attached hydrogens (primary N) is 1. The second kappa shape index (κ2) is 13.8. The smallest absolute Gasteiger partial charge is 0.357 e. The van der Waals surface area contributed by atoms with Crippen molar-refractivity contribution < 1.29 is 31.1 Å². The van der Waals surface area contributed by atoms with Crippen molar-refractivity contribution in [3.05, 3.63) is 64.8 Å². The van der Waals surface area contributed by atoms with Crippen molar-refractivity contribution in [1.82, 2.24) is 19.7 Å². The van der Waals surface area contributed by atoms with Gasteiger partial charge in [-0.1, -0.05) is 26.2 Å². The molecule has 242 valence electrons. The highest BCUT2D eigenvalue weighted by Crippen LogP contribution is 2.36. The molecule has 2 aromatic carbocycles. The summed E-state index contributed by atoms with van der Waals surface area (Å²) in [5.41, 5.74) is 5.36. The normalized spacial score (nSPS) is 14.2. The molecule has 1 aliphatic carbocycles. The minimum absolute atomic E-state index is 0.0190. The number of rotatable bonds is 6. The van der Waals surface area contributed by atoms with Gasteiger partial charge in [-0.3, -0.25) is 9.48 Å². The third-order valence-corrected chi connectivity index (χ3v) is 7.47. The molecule has 0 atom stereocenters. The Balaban J connectivity index is 0.000000580. The van der Waals surface area contributed by atoms with Crippen LogP contribution in [0.3, 0.4) is 0 Å². The molecular formula is C31H35F6N7O. The molecule has 1 fully saturated rings. The summed E-state index contributed by atoms with van der Waals surface area (Å²) in [6, 6.07) is 6.97. The number of aryl methyl sites for hydroxylation is 2. The monoisotopic (exact) mass is 635 g/mol. The molecule has 1 saturated carbocycles. The molecule has 0 bridgehead atoms. The summed E-state index contributed by atoms with van der Waals surface area (Å²) < 4.78 is 80.3. The van der Waals surface area contributed by atoms with Crippen molar-refractivity contribution in [3.63, 3.8) is 0 Å². The fraction of sp³-hybridized carbons (Fsp3) is 0.419. The maximum Gasteiger partial charge on any atom is 0.416 e. The Morgan fingerprint density at radius 3 is 2.16 bits per heavy atom. The summed E-state index contributed by atoms with van der Waals surface area (Å²) in [6.45, 7) is 1.98. The molecule has 14 heteroatoms. The maximum absolute atomic E-state index is 13.1. The molecule has 0 unspecified atom stereocenters. The fourth-order valence-corrected chi connectivity index (χ4v) is 5.18. The van der Waals surface area contributed by atoms with Crippen molar-refractivity contribution in [2.24, 2.45) is 12.8 Å². The Bertz CT molecular complexity index is 1610. The van der Waals surface area contributed by atoms with Crippen molar-refractivity contribution in [1.29, 1.82) is 0 Å². The molecule has 45 heavy (non-hydrogen) atoms. The highest BCUT2D eigenvalue weighted by atomic mass is 19.4. The van der Waals surface area contributed by atoms with Gasteiger partial charge in [0.25, 0.3) is 0 Å². The fourth-order valence-electron chi connectivity index (χ4n) is 5.18. The van der Waals surface area contributed by atoms with Gasteiger partial charge in [-0.25, -0.2) is 9.97 Å². The molecule has 0 saturated heterocycles. The standard InChI is InChI=1S/C25H22F6N6O.C6H13N/c1-4-14-8-15(9-16-12-33-23(32-2)35-22(14)16)19-11-20(36-37(19)3)34-21(38)7-13-5-17(24(26,27)28)10-18(6-13)25(29,30)31;7-6-4-2-1-3-5-6/h5-6,8-12H,4,7H2,1-3H3,(H,32,33,35)(H,34,36,38);6H,1-5,7H2. The van der Waals surface area contributed by atoms with Gasteiger partial charge in [0, 0.05) is 43.4 Å². The van der Waals surface area contributed by atoms with Crippen LogP contribution in [0.5, 0.6) is 0 Å². The number of nitrogens with zero attached hydrogens (tertiary/aromatic N) is 4. The van der Waals surface area contributed by atoms with E-state index in [2.05, 4.69) is 25.7 Å². The van der Waals surface area contributed by atoms with Crippen LogP contribution in [0.2, 0.25) is 0 Å². The van der Waals surface area contributed by atoms with Crippen LogP contribution < -0.4 is 16.4 Å². The molecule has 0 aliphatic heterocycles. The number of carbonyl (C=O) groups is 1. The number of alkyl halides is 6. The lowest BCUT2D eigenvalue weighted by Crippen LogP contribution is -2.22. The van der Waals surface area contributed by atoms with Gasteiger partial charge < -0.3 is 16.4 Å². The lowest BCUT2D eigenvalue weighted by Gasteiger charge is -2.15. The molecule has 2 aromatic heterocycles. The van der Waals surface area contributed by atoms with Gasteiger partial charge in [-0.05, 0) is 60.7 Å². The van der Waals surface area contributed by atoms with Crippen LogP contribution in [0.15, 0.2) is 42.6 Å². The van der Waals surface area contributed by atoms with Crippen molar-refractivity contribution in [3.8, 4) is 11.3 Å². The first kappa shape index (κ1) is 33.7. The SMILES string of the molecule is CCc1cc(-c2cc(NC(=O)Cc3cc(C(F)(F)F)cc(C(F)(F)F)c3)nn2C)cc2cnc(NC)nc12.NC1CCCCC1. The van der Waals surface area contributed by atoms with E-state index in [-0.39, 0.29) is 11.9 Å². The number of aromatic nitrogens is 4. The first-order valence-electron chi connectivity index (χ1n) is 14.5. The van der Waals surface area contributed by atoms with Crippen molar-refractivity contribution >= 4 is 28.6 Å². The van der Waals surface area contributed by atoms with Crippen molar-refractivity contribution in [2.75, 3.05) is 17.7 Å². The number of nitrogens with one attached hydrogen (secondary N) is 2. The number of fused-ring (bicyclic) bond motifs is 1. The summed E-state index contributed by atoms with van der Waals surface area (Å²) in [6.07, 6.45) is -1.68. The molecule has 8 nitrogen and oxygen atoms in total. The van der Waals surface area contributed by atoms with Crippen LogP contribution in [-0.4, -0.2) is 38.7 Å². The molecule has 5 rings (SSSR count). The average Bonchev–Trinajstić information content (AvgIpc) is 3.35. The van der Waals surface area contributed by atoms with Crippen molar-refractivity contribution in [2.45, 2.75) is 70.3 Å². The Morgan fingerprint density at radius 2 is 1.62 bits per heavy atom. The van der Waals surface area contributed by atoms with Crippen LogP contribution in [-0.2, 0) is 37.0 Å². The van der Waals surface area contributed by atoms with Gasteiger partial charge in [0.2, 0.25) is 11.9 Å². The Morgan fingerprint density at radius 1 is 0.978 bits per heavy atom. The van der Waals surface area contributed by atoms with Gasteiger partial charge >= 0.3 is 12.4 Å². The third-order valence-electron chi connectivity index (χ3n) is 7.47. The topological polar surface area (TPSA) is 111 Å². The molecule has 1 amide bonds. The van der Waals surface area contributed by atoms with E-state index in [1.807, 2.05) is 19.1 Å². The van der Waals surface area contributed by atoms with Crippen LogP contribution in [0, 0.1) is 0 Å². The Hall–Kier alpha value is -4.20. The van der Waals surface area contributed by atoms with Gasteiger partial charge in [0.05, 0.1) is 28.8 Å². The number of benzene rings is 2. The number of anilines is 2. The zero-order valence-electron chi connectivity index (χ0n) is 25.1. The second-order valence-corrected chi connectivity index (χ2v) is 10.9. The number of amides is 1. The molecule has 4 aromatic rings. The zero-order valence-corrected chi connectivity index (χ0v) is 25.1. The largest absolute Gasteiger partial charge is 0.416 e. The van der Waals surface area contributed by atoms with E-state index in [4.69, 9.17) is 5.73 Å². The molecule has 1 aliphatic rings. The number of carbonyl (C=O) groups excluding carboxylic acids is 1. The summed E-state index contributed by atoms with van der Waals surface area (Å²) in [7, 11) is 3.36. The molecule has 4 N–H and O–H groups in total.